The number of anilines is 1. The molecule has 0 aliphatic heterocycles. The van der Waals surface area contributed by atoms with Gasteiger partial charge < -0.3 is 15.7 Å². The lowest BCUT2D eigenvalue weighted by atomic mass is 10.2. The number of carbonyl (C=O) groups excluding carboxylic acids is 2. The van der Waals surface area contributed by atoms with Crippen LogP contribution in [0.3, 0.4) is 0 Å². The molecule has 6 nitrogen and oxygen atoms in total. The van der Waals surface area contributed by atoms with Gasteiger partial charge in [0, 0.05) is 18.4 Å². The molecule has 0 bridgehead atoms. The maximum Gasteiger partial charge on any atom is 0.257 e. The fourth-order valence-electron chi connectivity index (χ4n) is 1.72. The number of amides is 2. The van der Waals surface area contributed by atoms with Crippen molar-refractivity contribution < 1.29 is 19.1 Å². The molecule has 0 aliphatic rings. The molecule has 2 rings (SSSR count). The van der Waals surface area contributed by atoms with Crippen LogP contribution in [0.4, 0.5) is 10.1 Å². The quantitative estimate of drug-likeness (QED) is 0.662. The zero-order valence-electron chi connectivity index (χ0n) is 12.7. The molecule has 0 saturated heterocycles. The van der Waals surface area contributed by atoms with E-state index in [0.717, 1.165) is 0 Å². The Kier molecular flexibility index (Phi) is 6.71. The summed E-state index contributed by atoms with van der Waals surface area (Å²) in [6, 6.07) is 8.69. The summed E-state index contributed by atoms with van der Waals surface area (Å²) in [5, 5.41) is 14.4. The zero-order chi connectivity index (χ0) is 17.4. The molecule has 0 atom stereocenters. The lowest BCUT2D eigenvalue weighted by Gasteiger charge is -2.06. The largest absolute Gasteiger partial charge is 0.395 e. The highest BCUT2D eigenvalue weighted by molar-refractivity contribution is 7.99. The van der Waals surface area contributed by atoms with Crippen molar-refractivity contribution in [1.29, 1.82) is 0 Å². The Labute approximate surface area is 142 Å². The summed E-state index contributed by atoms with van der Waals surface area (Å²) in [5.74, 6) is -0.756. The summed E-state index contributed by atoms with van der Waals surface area (Å²) < 4.78 is 12.8. The second kappa shape index (κ2) is 8.99. The van der Waals surface area contributed by atoms with E-state index in [-0.39, 0.29) is 36.5 Å². The Morgan fingerprint density at radius 3 is 2.54 bits per heavy atom. The summed E-state index contributed by atoms with van der Waals surface area (Å²) in [7, 11) is 0. The first-order chi connectivity index (χ1) is 11.6. The Morgan fingerprint density at radius 2 is 1.92 bits per heavy atom. The summed E-state index contributed by atoms with van der Waals surface area (Å²) in [4.78, 5) is 27.6. The van der Waals surface area contributed by atoms with Crippen molar-refractivity contribution in [2.75, 3.05) is 24.2 Å². The molecular weight excluding hydrogens is 333 g/mol. The van der Waals surface area contributed by atoms with E-state index in [9.17, 15) is 14.0 Å². The van der Waals surface area contributed by atoms with Gasteiger partial charge in [-0.15, -0.1) is 0 Å². The van der Waals surface area contributed by atoms with Crippen LogP contribution in [0.25, 0.3) is 0 Å². The highest BCUT2D eigenvalue weighted by Gasteiger charge is 2.08. The van der Waals surface area contributed by atoms with Crippen LogP contribution in [-0.2, 0) is 4.79 Å². The molecule has 2 aromatic rings. The van der Waals surface area contributed by atoms with Crippen LogP contribution in [0.15, 0.2) is 47.6 Å². The number of aliphatic hydroxyl groups is 1. The van der Waals surface area contributed by atoms with E-state index in [2.05, 4.69) is 15.6 Å². The van der Waals surface area contributed by atoms with E-state index in [4.69, 9.17) is 5.11 Å². The summed E-state index contributed by atoms with van der Waals surface area (Å²) >= 11 is 1.23. The van der Waals surface area contributed by atoms with Gasteiger partial charge in [-0.3, -0.25) is 9.59 Å². The number of hydrogen-bond donors (Lipinski definition) is 3. The molecule has 0 fully saturated rings. The van der Waals surface area contributed by atoms with Gasteiger partial charge in [0.1, 0.15) is 5.82 Å². The fraction of sp³-hybridized carbons (Fsp3) is 0.188. The number of rotatable bonds is 7. The lowest BCUT2D eigenvalue weighted by Crippen LogP contribution is -2.27. The van der Waals surface area contributed by atoms with Crippen LogP contribution in [0.1, 0.15) is 10.4 Å². The first kappa shape index (κ1) is 17.9. The SMILES string of the molecule is O=C(CSc1ccc(C(=O)Nc2ccc(F)cc2)cn1)NCCO. The number of nitrogens with one attached hydrogen (secondary N) is 2. The molecule has 126 valence electrons. The Balaban J connectivity index is 1.87. The lowest BCUT2D eigenvalue weighted by molar-refractivity contribution is -0.118. The van der Waals surface area contributed by atoms with E-state index in [1.54, 1.807) is 12.1 Å². The monoisotopic (exact) mass is 349 g/mol. The standard InChI is InChI=1S/C16H16FN3O3S/c17-12-2-4-13(5-3-12)20-16(23)11-1-6-15(19-9-11)24-10-14(22)18-7-8-21/h1-6,9,21H,7-8,10H2,(H,18,22)(H,20,23). The van der Waals surface area contributed by atoms with Crippen LogP contribution in [0.2, 0.25) is 0 Å². The highest BCUT2D eigenvalue weighted by atomic mass is 32.2. The number of aromatic nitrogens is 1. The average Bonchev–Trinajstić information content (AvgIpc) is 2.60. The van der Waals surface area contributed by atoms with E-state index < -0.39 is 0 Å². The number of nitrogens with zero attached hydrogens (tertiary/aromatic N) is 1. The van der Waals surface area contributed by atoms with Gasteiger partial charge in [0.25, 0.3) is 5.91 Å². The van der Waals surface area contributed by atoms with E-state index in [1.807, 2.05) is 0 Å². The third-order valence-corrected chi connectivity index (χ3v) is 3.83. The van der Waals surface area contributed by atoms with Gasteiger partial charge in [-0.05, 0) is 36.4 Å². The van der Waals surface area contributed by atoms with Gasteiger partial charge in [0.05, 0.1) is 22.9 Å². The van der Waals surface area contributed by atoms with Crippen LogP contribution < -0.4 is 10.6 Å². The number of thioether (sulfide) groups is 1. The maximum atomic E-state index is 12.8. The zero-order valence-corrected chi connectivity index (χ0v) is 13.5. The number of aliphatic hydroxyl groups excluding tert-OH is 1. The second-order valence-electron chi connectivity index (χ2n) is 4.71. The number of hydrogen-bond acceptors (Lipinski definition) is 5. The average molecular weight is 349 g/mol. The summed E-state index contributed by atoms with van der Waals surface area (Å²) in [6.45, 7) is 0.113. The second-order valence-corrected chi connectivity index (χ2v) is 5.70. The molecule has 24 heavy (non-hydrogen) atoms. The molecule has 3 N–H and O–H groups in total. The van der Waals surface area contributed by atoms with Crippen molar-refractivity contribution in [3.8, 4) is 0 Å². The van der Waals surface area contributed by atoms with E-state index in [1.165, 1.54) is 42.2 Å². The van der Waals surface area contributed by atoms with Gasteiger partial charge in [-0.2, -0.15) is 0 Å². The molecule has 0 saturated carbocycles. The minimum absolute atomic E-state index is 0.105. The smallest absolute Gasteiger partial charge is 0.257 e. The predicted molar refractivity (Wildman–Crippen MR) is 89.4 cm³/mol. The van der Waals surface area contributed by atoms with Gasteiger partial charge in [-0.1, -0.05) is 11.8 Å². The van der Waals surface area contributed by atoms with Gasteiger partial charge in [-0.25, -0.2) is 9.37 Å². The third-order valence-electron chi connectivity index (χ3n) is 2.89. The molecule has 1 aromatic carbocycles. The molecule has 0 spiro atoms. The van der Waals surface area contributed by atoms with Crippen LogP contribution in [0, 0.1) is 5.82 Å². The molecule has 1 aromatic heterocycles. The normalized spacial score (nSPS) is 10.2. The van der Waals surface area contributed by atoms with Crippen molar-refractivity contribution in [3.05, 3.63) is 54.0 Å². The first-order valence-corrected chi connectivity index (χ1v) is 8.10. The first-order valence-electron chi connectivity index (χ1n) is 7.12. The fourth-order valence-corrected chi connectivity index (χ4v) is 2.39. The van der Waals surface area contributed by atoms with Gasteiger partial charge >= 0.3 is 0 Å². The van der Waals surface area contributed by atoms with Crippen molar-refractivity contribution in [3.63, 3.8) is 0 Å². The predicted octanol–water partition coefficient (Wildman–Crippen LogP) is 1.67. The third kappa shape index (κ3) is 5.64. The van der Waals surface area contributed by atoms with Crippen molar-refractivity contribution >= 4 is 29.3 Å². The Bertz CT molecular complexity index is 693. The minimum atomic E-state index is -0.376. The number of benzene rings is 1. The van der Waals surface area contributed by atoms with Gasteiger partial charge in [0.2, 0.25) is 5.91 Å². The maximum absolute atomic E-state index is 12.8. The Hall–Kier alpha value is -2.45. The topological polar surface area (TPSA) is 91.3 Å². The van der Waals surface area contributed by atoms with Crippen LogP contribution in [-0.4, -0.2) is 40.8 Å². The number of pyridine rings is 1. The molecule has 0 radical (unpaired) electrons. The molecule has 0 aliphatic carbocycles. The summed E-state index contributed by atoms with van der Waals surface area (Å²) in [6.07, 6.45) is 1.41. The molecule has 2 amide bonds. The number of halogens is 1. The highest BCUT2D eigenvalue weighted by Crippen LogP contribution is 2.16. The number of carbonyl (C=O) groups is 2. The molecule has 0 unspecified atom stereocenters. The van der Waals surface area contributed by atoms with E-state index >= 15 is 0 Å². The van der Waals surface area contributed by atoms with Crippen LogP contribution >= 0.6 is 11.8 Å². The van der Waals surface area contributed by atoms with E-state index in [0.29, 0.717) is 16.3 Å². The molecule has 8 heteroatoms. The van der Waals surface area contributed by atoms with Crippen molar-refractivity contribution in [2.24, 2.45) is 0 Å². The van der Waals surface area contributed by atoms with Crippen molar-refractivity contribution in [2.45, 2.75) is 5.03 Å². The van der Waals surface area contributed by atoms with Crippen molar-refractivity contribution in [1.82, 2.24) is 10.3 Å². The molecule has 1 heterocycles. The van der Waals surface area contributed by atoms with Gasteiger partial charge in [0.15, 0.2) is 0 Å². The Morgan fingerprint density at radius 1 is 1.17 bits per heavy atom. The minimum Gasteiger partial charge on any atom is -0.395 e. The van der Waals surface area contributed by atoms with Crippen LogP contribution in [0.5, 0.6) is 0 Å². The summed E-state index contributed by atoms with van der Waals surface area (Å²) in [5.41, 5.74) is 0.841. The molecular formula is C16H16FN3O3S.